The van der Waals surface area contributed by atoms with Crippen molar-refractivity contribution in [3.8, 4) is 0 Å². The number of aromatic nitrogens is 1. The molecule has 0 fully saturated rings. The van der Waals surface area contributed by atoms with Crippen LogP contribution in [-0.2, 0) is 0 Å². The molecular formula is C15H15Cl2N. The van der Waals surface area contributed by atoms with Crippen LogP contribution >= 0.6 is 23.2 Å². The molecule has 0 aliphatic heterocycles. The lowest BCUT2D eigenvalue weighted by Crippen LogP contribution is -2.05. The zero-order valence-corrected chi connectivity index (χ0v) is 11.9. The number of pyridine rings is 1. The fourth-order valence-electron chi connectivity index (χ4n) is 2.01. The lowest BCUT2D eigenvalue weighted by molar-refractivity contribution is 0.703. The summed E-state index contributed by atoms with van der Waals surface area (Å²) in [5.74, 6) is 0.160. The lowest BCUT2D eigenvalue weighted by Gasteiger charge is -2.19. The van der Waals surface area contributed by atoms with Gasteiger partial charge in [0.2, 0.25) is 0 Å². The van der Waals surface area contributed by atoms with E-state index in [-0.39, 0.29) is 11.3 Å². The summed E-state index contributed by atoms with van der Waals surface area (Å²) in [6, 6.07) is 11.7. The molecule has 2 unspecified atom stereocenters. The molecule has 1 nitrogen and oxygen atoms in total. The van der Waals surface area contributed by atoms with Crippen molar-refractivity contribution >= 4 is 23.2 Å². The largest absolute Gasteiger partial charge is 0.261 e. The van der Waals surface area contributed by atoms with Crippen LogP contribution in [0.15, 0.2) is 42.6 Å². The molecule has 1 aromatic heterocycles. The number of hydrogen-bond donors (Lipinski definition) is 0. The number of halogens is 2. The van der Waals surface area contributed by atoms with E-state index < -0.39 is 0 Å². The van der Waals surface area contributed by atoms with Crippen LogP contribution in [0.5, 0.6) is 0 Å². The van der Waals surface area contributed by atoms with E-state index in [2.05, 4.69) is 11.9 Å². The first-order chi connectivity index (χ1) is 8.59. The van der Waals surface area contributed by atoms with Gasteiger partial charge in [-0.1, -0.05) is 30.7 Å². The average molecular weight is 280 g/mol. The molecule has 2 atom stereocenters. The molecule has 2 rings (SSSR count). The predicted octanol–water partition coefficient (Wildman–Crippen LogP) is 5.13. The number of nitrogens with zero attached hydrogens (tertiary/aromatic N) is 1. The smallest absolute Gasteiger partial charge is 0.0668 e. The number of hydrogen-bond acceptors (Lipinski definition) is 1. The van der Waals surface area contributed by atoms with Crippen LogP contribution in [0.1, 0.15) is 35.0 Å². The van der Waals surface area contributed by atoms with Gasteiger partial charge in [-0.05, 0) is 42.3 Å². The minimum atomic E-state index is -0.0998. The third-order valence-corrected chi connectivity index (χ3v) is 3.97. The van der Waals surface area contributed by atoms with E-state index in [4.69, 9.17) is 23.2 Å². The van der Waals surface area contributed by atoms with Crippen LogP contribution in [0.4, 0.5) is 0 Å². The van der Waals surface area contributed by atoms with E-state index in [1.54, 1.807) is 6.20 Å². The Bertz CT molecular complexity index is 525. The highest BCUT2D eigenvalue weighted by molar-refractivity contribution is 6.30. The molecule has 0 aliphatic carbocycles. The summed E-state index contributed by atoms with van der Waals surface area (Å²) >= 11 is 12.5. The standard InChI is InChI=1S/C15H15Cl2N/c1-10-9-12(16)6-7-13(10)15(17)11(2)14-5-3-4-8-18-14/h3-9,11,15H,1-2H3. The van der Waals surface area contributed by atoms with Crippen LogP contribution < -0.4 is 0 Å². The Morgan fingerprint density at radius 1 is 1.17 bits per heavy atom. The summed E-state index contributed by atoms with van der Waals surface area (Å²) in [6.07, 6.45) is 1.80. The fourth-order valence-corrected chi connectivity index (χ4v) is 2.61. The van der Waals surface area contributed by atoms with Gasteiger partial charge in [0, 0.05) is 22.8 Å². The van der Waals surface area contributed by atoms with E-state index in [1.165, 1.54) is 0 Å². The highest BCUT2D eigenvalue weighted by Gasteiger charge is 2.20. The van der Waals surface area contributed by atoms with E-state index in [9.17, 15) is 0 Å². The minimum Gasteiger partial charge on any atom is -0.261 e. The summed E-state index contributed by atoms with van der Waals surface area (Å²) in [4.78, 5) is 4.36. The monoisotopic (exact) mass is 279 g/mol. The summed E-state index contributed by atoms with van der Waals surface area (Å²) < 4.78 is 0. The van der Waals surface area contributed by atoms with Crippen LogP contribution in [0.25, 0.3) is 0 Å². The van der Waals surface area contributed by atoms with Gasteiger partial charge in [-0.3, -0.25) is 4.98 Å². The molecule has 3 heteroatoms. The van der Waals surface area contributed by atoms with Crippen molar-refractivity contribution in [2.24, 2.45) is 0 Å². The Kier molecular flexibility index (Phi) is 4.26. The van der Waals surface area contributed by atoms with E-state index in [0.717, 1.165) is 21.8 Å². The van der Waals surface area contributed by atoms with Crippen LogP contribution in [0, 0.1) is 6.92 Å². The van der Waals surface area contributed by atoms with Crippen molar-refractivity contribution in [1.82, 2.24) is 4.98 Å². The molecule has 0 aliphatic rings. The average Bonchev–Trinajstić information content (AvgIpc) is 2.38. The predicted molar refractivity (Wildman–Crippen MR) is 77.4 cm³/mol. The second-order valence-corrected chi connectivity index (χ2v) is 5.35. The van der Waals surface area contributed by atoms with Gasteiger partial charge in [0.05, 0.1) is 5.38 Å². The normalized spacial score (nSPS) is 14.2. The maximum atomic E-state index is 6.57. The molecule has 0 saturated heterocycles. The highest BCUT2D eigenvalue weighted by Crippen LogP contribution is 2.37. The summed E-state index contributed by atoms with van der Waals surface area (Å²) in [5, 5.41) is 0.641. The van der Waals surface area contributed by atoms with Crippen LogP contribution in [0.2, 0.25) is 5.02 Å². The van der Waals surface area contributed by atoms with Crippen molar-refractivity contribution in [2.75, 3.05) is 0 Å². The van der Waals surface area contributed by atoms with E-state index in [1.807, 2.05) is 43.3 Å². The molecule has 1 aromatic carbocycles. The first kappa shape index (κ1) is 13.4. The van der Waals surface area contributed by atoms with Crippen molar-refractivity contribution in [1.29, 1.82) is 0 Å². The molecule has 18 heavy (non-hydrogen) atoms. The van der Waals surface area contributed by atoms with Gasteiger partial charge in [0.15, 0.2) is 0 Å². The van der Waals surface area contributed by atoms with Crippen molar-refractivity contribution in [3.05, 3.63) is 64.4 Å². The summed E-state index contributed by atoms with van der Waals surface area (Å²) in [7, 11) is 0. The van der Waals surface area contributed by atoms with Crippen molar-refractivity contribution < 1.29 is 0 Å². The second kappa shape index (κ2) is 5.73. The maximum absolute atomic E-state index is 6.57. The molecule has 0 bridgehead atoms. The first-order valence-corrected chi connectivity index (χ1v) is 6.72. The van der Waals surface area contributed by atoms with Gasteiger partial charge in [0.25, 0.3) is 0 Å². The third-order valence-electron chi connectivity index (χ3n) is 3.12. The molecule has 1 heterocycles. The molecule has 0 radical (unpaired) electrons. The summed E-state index contributed by atoms with van der Waals surface area (Å²) in [5.41, 5.74) is 3.23. The van der Waals surface area contributed by atoms with Crippen molar-refractivity contribution in [3.63, 3.8) is 0 Å². The van der Waals surface area contributed by atoms with Crippen LogP contribution in [0.3, 0.4) is 0 Å². The number of rotatable bonds is 3. The van der Waals surface area contributed by atoms with Crippen molar-refractivity contribution in [2.45, 2.75) is 25.1 Å². The maximum Gasteiger partial charge on any atom is 0.0668 e. The Balaban J connectivity index is 2.28. The SMILES string of the molecule is Cc1cc(Cl)ccc1C(Cl)C(C)c1ccccn1. The van der Waals surface area contributed by atoms with Gasteiger partial charge in [-0.25, -0.2) is 0 Å². The Morgan fingerprint density at radius 3 is 2.56 bits per heavy atom. The topological polar surface area (TPSA) is 12.9 Å². The zero-order valence-electron chi connectivity index (χ0n) is 10.4. The Morgan fingerprint density at radius 2 is 1.94 bits per heavy atom. The molecule has 94 valence electrons. The molecule has 2 aromatic rings. The quantitative estimate of drug-likeness (QED) is 0.710. The molecule has 0 saturated carbocycles. The minimum absolute atomic E-state index is 0.0998. The number of aryl methyl sites for hydroxylation is 1. The fraction of sp³-hybridized carbons (Fsp3) is 0.267. The summed E-state index contributed by atoms with van der Waals surface area (Å²) in [6.45, 7) is 4.12. The van der Waals surface area contributed by atoms with Gasteiger partial charge in [0.1, 0.15) is 0 Å². The van der Waals surface area contributed by atoms with Crippen LogP contribution in [-0.4, -0.2) is 4.98 Å². The first-order valence-electron chi connectivity index (χ1n) is 5.90. The molecule has 0 N–H and O–H groups in total. The van der Waals surface area contributed by atoms with Gasteiger partial charge >= 0.3 is 0 Å². The number of benzene rings is 1. The van der Waals surface area contributed by atoms with Gasteiger partial charge in [-0.2, -0.15) is 0 Å². The Labute approximate surface area is 118 Å². The highest BCUT2D eigenvalue weighted by atomic mass is 35.5. The van der Waals surface area contributed by atoms with E-state index >= 15 is 0 Å². The molecule has 0 spiro atoms. The molecule has 0 amide bonds. The molecular weight excluding hydrogens is 265 g/mol. The Hall–Kier alpha value is -1.05. The lowest BCUT2D eigenvalue weighted by atomic mass is 9.94. The van der Waals surface area contributed by atoms with Gasteiger partial charge in [-0.15, -0.1) is 11.6 Å². The second-order valence-electron chi connectivity index (χ2n) is 4.45. The van der Waals surface area contributed by atoms with Gasteiger partial charge < -0.3 is 0 Å². The van der Waals surface area contributed by atoms with E-state index in [0.29, 0.717) is 0 Å². The zero-order chi connectivity index (χ0) is 13.1. The third kappa shape index (κ3) is 2.85. The number of alkyl halides is 1.